The number of benzene rings is 1. The van der Waals surface area contributed by atoms with Crippen molar-refractivity contribution in [2.45, 2.75) is 64.5 Å². The molecule has 0 unspecified atom stereocenters. The number of amides is 1. The van der Waals surface area contributed by atoms with E-state index in [0.717, 1.165) is 12.0 Å². The van der Waals surface area contributed by atoms with Crippen LogP contribution in [-0.4, -0.2) is 24.7 Å². The number of carbonyl (C=O) groups is 2. The predicted octanol–water partition coefficient (Wildman–Crippen LogP) is 4.21. The average molecular weight is 347 g/mol. The monoisotopic (exact) mass is 347 g/mol. The third kappa shape index (κ3) is 7.16. The molecule has 0 heterocycles. The summed E-state index contributed by atoms with van der Waals surface area (Å²) in [4.78, 5) is 24.2. The van der Waals surface area contributed by atoms with Crippen LogP contribution in [0.3, 0.4) is 0 Å². The van der Waals surface area contributed by atoms with Crippen molar-refractivity contribution in [3.8, 4) is 0 Å². The fourth-order valence-corrected chi connectivity index (χ4v) is 3.28. The van der Waals surface area contributed by atoms with Crippen LogP contribution in [0.25, 0.3) is 0 Å². The Morgan fingerprint density at radius 1 is 1.12 bits per heavy atom. The van der Waals surface area contributed by atoms with Gasteiger partial charge < -0.3 is 14.8 Å². The molecule has 5 heteroatoms. The smallest absolute Gasteiger partial charge is 0.408 e. The topological polar surface area (TPSA) is 64.6 Å². The van der Waals surface area contributed by atoms with E-state index in [2.05, 4.69) is 5.32 Å². The Kier molecular flexibility index (Phi) is 8.29. The van der Waals surface area contributed by atoms with Crippen LogP contribution in [0.1, 0.15) is 57.4 Å². The number of esters is 1. The van der Waals surface area contributed by atoms with Gasteiger partial charge >= 0.3 is 12.1 Å². The van der Waals surface area contributed by atoms with Gasteiger partial charge in [-0.15, -0.1) is 0 Å². The summed E-state index contributed by atoms with van der Waals surface area (Å²) in [6.07, 6.45) is 7.23. The molecule has 1 amide bonds. The number of ether oxygens (including phenoxy) is 2. The standard InChI is InChI=1S/C20H29NO4/c1-2-24-19(22)18(14-13-16-9-5-3-6-10-16)21-20(23)25-15-17-11-7-4-8-12-17/h4,7-8,11-12,16,18H,2-3,5-6,9-10,13-15H2,1H3,(H,21,23)/t18-/m1/s1. The molecule has 1 aliphatic carbocycles. The highest BCUT2D eigenvalue weighted by Crippen LogP contribution is 2.27. The molecule has 0 spiro atoms. The van der Waals surface area contributed by atoms with Crippen molar-refractivity contribution >= 4 is 12.1 Å². The fourth-order valence-electron chi connectivity index (χ4n) is 3.28. The van der Waals surface area contributed by atoms with Gasteiger partial charge in [0, 0.05) is 0 Å². The molecule has 1 aliphatic rings. The van der Waals surface area contributed by atoms with E-state index in [1.165, 1.54) is 32.1 Å². The summed E-state index contributed by atoms with van der Waals surface area (Å²) in [7, 11) is 0. The summed E-state index contributed by atoms with van der Waals surface area (Å²) < 4.78 is 10.3. The minimum atomic E-state index is -0.634. The first kappa shape index (κ1) is 19.3. The summed E-state index contributed by atoms with van der Waals surface area (Å²) in [6, 6.07) is 8.83. The summed E-state index contributed by atoms with van der Waals surface area (Å²) in [5.74, 6) is 0.266. The molecule has 0 saturated heterocycles. The summed E-state index contributed by atoms with van der Waals surface area (Å²) in [6.45, 7) is 2.26. The third-order valence-corrected chi connectivity index (χ3v) is 4.66. The highest BCUT2D eigenvalue weighted by molar-refractivity contribution is 5.81. The van der Waals surface area contributed by atoms with Crippen LogP contribution in [0, 0.1) is 5.92 Å². The molecule has 2 rings (SSSR count). The molecule has 138 valence electrons. The molecule has 0 radical (unpaired) electrons. The lowest BCUT2D eigenvalue weighted by Crippen LogP contribution is -2.42. The number of rotatable bonds is 8. The quantitative estimate of drug-likeness (QED) is 0.716. The van der Waals surface area contributed by atoms with Crippen LogP contribution in [-0.2, 0) is 20.9 Å². The first-order valence-electron chi connectivity index (χ1n) is 9.33. The SMILES string of the molecule is CCOC(=O)[C@@H](CCC1CCCCC1)NC(=O)OCc1ccccc1. The fraction of sp³-hybridized carbons (Fsp3) is 0.600. The maximum Gasteiger partial charge on any atom is 0.408 e. The zero-order valence-electron chi connectivity index (χ0n) is 15.0. The van der Waals surface area contributed by atoms with Gasteiger partial charge in [0.1, 0.15) is 12.6 Å². The average Bonchev–Trinajstić information content (AvgIpc) is 2.65. The summed E-state index contributed by atoms with van der Waals surface area (Å²) in [5.41, 5.74) is 0.910. The predicted molar refractivity (Wildman–Crippen MR) is 96.0 cm³/mol. The van der Waals surface area contributed by atoms with E-state index in [1.807, 2.05) is 30.3 Å². The van der Waals surface area contributed by atoms with Gasteiger partial charge in [0.2, 0.25) is 0 Å². The highest BCUT2D eigenvalue weighted by atomic mass is 16.6. The van der Waals surface area contributed by atoms with Crippen LogP contribution >= 0.6 is 0 Å². The molecule has 5 nitrogen and oxygen atoms in total. The molecular weight excluding hydrogens is 318 g/mol. The molecule has 0 bridgehead atoms. The van der Waals surface area contributed by atoms with Crippen LogP contribution in [0.4, 0.5) is 4.79 Å². The molecule has 25 heavy (non-hydrogen) atoms. The van der Waals surface area contributed by atoms with E-state index in [-0.39, 0.29) is 12.6 Å². The van der Waals surface area contributed by atoms with E-state index in [0.29, 0.717) is 18.9 Å². The van der Waals surface area contributed by atoms with Gasteiger partial charge in [0.25, 0.3) is 0 Å². The Labute approximate surface area is 150 Å². The maximum atomic E-state index is 12.1. The molecule has 0 aromatic heterocycles. The summed E-state index contributed by atoms with van der Waals surface area (Å²) >= 11 is 0. The number of carbonyl (C=O) groups excluding carboxylic acids is 2. The molecule has 0 aliphatic heterocycles. The Morgan fingerprint density at radius 2 is 1.84 bits per heavy atom. The van der Waals surface area contributed by atoms with Gasteiger partial charge in [-0.2, -0.15) is 0 Å². The largest absolute Gasteiger partial charge is 0.464 e. The molecular formula is C20H29NO4. The van der Waals surface area contributed by atoms with Crippen LogP contribution in [0.15, 0.2) is 30.3 Å². The maximum absolute atomic E-state index is 12.1. The van der Waals surface area contributed by atoms with E-state index < -0.39 is 12.1 Å². The van der Waals surface area contributed by atoms with Gasteiger partial charge in [0.15, 0.2) is 0 Å². The van der Waals surface area contributed by atoms with Crippen molar-refractivity contribution < 1.29 is 19.1 Å². The molecule has 1 fully saturated rings. The first-order valence-corrected chi connectivity index (χ1v) is 9.33. The minimum Gasteiger partial charge on any atom is -0.464 e. The summed E-state index contributed by atoms with van der Waals surface area (Å²) in [5, 5.41) is 2.68. The van der Waals surface area contributed by atoms with Gasteiger partial charge in [-0.05, 0) is 31.2 Å². The number of alkyl carbamates (subject to hydrolysis) is 1. The van der Waals surface area contributed by atoms with E-state index in [4.69, 9.17) is 9.47 Å². The van der Waals surface area contributed by atoms with Gasteiger partial charge in [-0.1, -0.05) is 62.4 Å². The van der Waals surface area contributed by atoms with E-state index >= 15 is 0 Å². The van der Waals surface area contributed by atoms with Gasteiger partial charge in [0.05, 0.1) is 6.61 Å². The van der Waals surface area contributed by atoms with Crippen LogP contribution < -0.4 is 5.32 Å². The van der Waals surface area contributed by atoms with Crippen LogP contribution in [0.2, 0.25) is 0 Å². The highest BCUT2D eigenvalue weighted by Gasteiger charge is 2.24. The Bertz CT molecular complexity index is 526. The second-order valence-corrected chi connectivity index (χ2v) is 6.59. The van der Waals surface area contributed by atoms with Crippen molar-refractivity contribution in [3.63, 3.8) is 0 Å². The Morgan fingerprint density at radius 3 is 2.52 bits per heavy atom. The van der Waals surface area contributed by atoms with Gasteiger partial charge in [-0.25, -0.2) is 9.59 Å². The Hall–Kier alpha value is -2.04. The van der Waals surface area contributed by atoms with Crippen molar-refractivity contribution in [3.05, 3.63) is 35.9 Å². The lowest BCUT2D eigenvalue weighted by atomic mass is 9.85. The number of hydrogen-bond donors (Lipinski definition) is 1. The molecule has 1 N–H and O–H groups in total. The molecule has 1 atom stereocenters. The minimum absolute atomic E-state index is 0.185. The first-order chi connectivity index (χ1) is 12.2. The van der Waals surface area contributed by atoms with Crippen LogP contribution in [0.5, 0.6) is 0 Å². The zero-order chi connectivity index (χ0) is 17.9. The lowest BCUT2D eigenvalue weighted by molar-refractivity contribution is -0.145. The lowest BCUT2D eigenvalue weighted by Gasteiger charge is -2.24. The molecule has 1 aromatic rings. The van der Waals surface area contributed by atoms with E-state index in [9.17, 15) is 9.59 Å². The third-order valence-electron chi connectivity index (χ3n) is 4.66. The second-order valence-electron chi connectivity index (χ2n) is 6.59. The second kappa shape index (κ2) is 10.7. The van der Waals surface area contributed by atoms with Gasteiger partial charge in [-0.3, -0.25) is 0 Å². The number of nitrogens with one attached hydrogen (secondary N) is 1. The van der Waals surface area contributed by atoms with Crippen molar-refractivity contribution in [1.29, 1.82) is 0 Å². The molecule has 1 aromatic carbocycles. The normalized spacial score (nSPS) is 16.0. The Balaban J connectivity index is 1.81. The van der Waals surface area contributed by atoms with E-state index in [1.54, 1.807) is 6.92 Å². The molecule has 1 saturated carbocycles. The zero-order valence-corrected chi connectivity index (χ0v) is 15.0. The van der Waals surface area contributed by atoms with Crippen molar-refractivity contribution in [1.82, 2.24) is 5.32 Å². The van der Waals surface area contributed by atoms with Crippen molar-refractivity contribution in [2.75, 3.05) is 6.61 Å². The number of hydrogen-bond acceptors (Lipinski definition) is 4. The van der Waals surface area contributed by atoms with Crippen molar-refractivity contribution in [2.24, 2.45) is 5.92 Å².